The molecule has 1 aromatic carbocycles. The lowest BCUT2D eigenvalue weighted by molar-refractivity contribution is 0.0924. The number of nitrogens with zero attached hydrogens (tertiary/aromatic N) is 3. The van der Waals surface area contributed by atoms with E-state index in [9.17, 15) is 9.18 Å². The molecule has 1 aliphatic rings. The second kappa shape index (κ2) is 7.78. The van der Waals surface area contributed by atoms with Gasteiger partial charge in [-0.05, 0) is 51.9 Å². The zero-order valence-electron chi connectivity index (χ0n) is 14.8. The number of carbonyl (C=O) groups is 1. The van der Waals surface area contributed by atoms with Crippen LogP contribution in [0.4, 0.5) is 4.39 Å². The maximum absolute atomic E-state index is 14.3. The number of carbonyl (C=O) groups excluding carboxylic acids is 1. The summed E-state index contributed by atoms with van der Waals surface area (Å²) in [5.74, 6) is -0.396. The fourth-order valence-electron chi connectivity index (χ4n) is 3.42. The Bertz CT molecular complexity index is 722. The van der Waals surface area contributed by atoms with Gasteiger partial charge in [-0.3, -0.25) is 14.4 Å². The maximum atomic E-state index is 14.3. The molecule has 1 amide bonds. The van der Waals surface area contributed by atoms with Crippen molar-refractivity contribution in [2.75, 3.05) is 19.6 Å². The van der Waals surface area contributed by atoms with Crippen LogP contribution in [0.5, 0.6) is 0 Å². The van der Waals surface area contributed by atoms with Crippen LogP contribution in [0.15, 0.2) is 36.5 Å². The number of halogens is 1. The van der Waals surface area contributed by atoms with Crippen LogP contribution in [0.3, 0.4) is 0 Å². The number of amides is 1. The van der Waals surface area contributed by atoms with Crippen molar-refractivity contribution in [1.82, 2.24) is 20.0 Å². The molecule has 1 aromatic heterocycles. The molecule has 0 radical (unpaired) electrons. The van der Waals surface area contributed by atoms with Crippen LogP contribution in [0.25, 0.3) is 0 Å². The Balaban J connectivity index is 1.76. The summed E-state index contributed by atoms with van der Waals surface area (Å²) >= 11 is 0. The topological polar surface area (TPSA) is 50.2 Å². The maximum Gasteiger partial charge on any atom is 0.269 e. The van der Waals surface area contributed by atoms with E-state index in [0.717, 1.165) is 25.9 Å². The molecule has 134 valence electrons. The number of likely N-dealkylation sites (tertiary alicyclic amines) is 1. The monoisotopic (exact) mass is 344 g/mol. The Labute approximate surface area is 147 Å². The second-order valence-corrected chi connectivity index (χ2v) is 6.75. The lowest BCUT2D eigenvalue weighted by Gasteiger charge is -2.28. The van der Waals surface area contributed by atoms with Crippen LogP contribution in [0.1, 0.15) is 54.8 Å². The van der Waals surface area contributed by atoms with Gasteiger partial charge in [0.2, 0.25) is 0 Å². The Morgan fingerprint density at radius 2 is 1.96 bits per heavy atom. The van der Waals surface area contributed by atoms with E-state index < -0.39 is 0 Å². The van der Waals surface area contributed by atoms with Crippen LogP contribution in [0, 0.1) is 5.82 Å². The van der Waals surface area contributed by atoms with Crippen LogP contribution >= 0.6 is 0 Å². The van der Waals surface area contributed by atoms with E-state index in [1.54, 1.807) is 23.0 Å². The predicted octanol–water partition coefficient (Wildman–Crippen LogP) is 3.17. The summed E-state index contributed by atoms with van der Waals surface area (Å²) in [7, 11) is 0. The summed E-state index contributed by atoms with van der Waals surface area (Å²) in [6, 6.07) is 8.50. The summed E-state index contributed by atoms with van der Waals surface area (Å²) in [6.07, 6.45) is 3.85. The molecule has 2 aromatic rings. The Morgan fingerprint density at radius 3 is 2.64 bits per heavy atom. The third kappa shape index (κ3) is 3.90. The van der Waals surface area contributed by atoms with Gasteiger partial charge in [-0.1, -0.05) is 18.2 Å². The molecule has 0 aliphatic carbocycles. The van der Waals surface area contributed by atoms with E-state index in [4.69, 9.17) is 0 Å². The molecule has 2 heterocycles. The SMILES string of the molecule is CC(C)n1nccc1C(=O)NC[C@H](c1ccccc1F)N1CCCC1. The van der Waals surface area contributed by atoms with Gasteiger partial charge < -0.3 is 5.32 Å². The predicted molar refractivity (Wildman–Crippen MR) is 94.9 cm³/mol. The van der Waals surface area contributed by atoms with Gasteiger partial charge in [0.15, 0.2) is 0 Å². The average molecular weight is 344 g/mol. The summed E-state index contributed by atoms with van der Waals surface area (Å²) < 4.78 is 16.0. The fraction of sp³-hybridized carbons (Fsp3) is 0.474. The third-order valence-corrected chi connectivity index (χ3v) is 4.69. The largest absolute Gasteiger partial charge is 0.349 e. The Hall–Kier alpha value is -2.21. The van der Waals surface area contributed by atoms with Crippen LogP contribution in [0.2, 0.25) is 0 Å². The quantitative estimate of drug-likeness (QED) is 0.876. The molecule has 3 rings (SSSR count). The molecule has 0 bridgehead atoms. The first-order chi connectivity index (χ1) is 12.1. The molecule has 25 heavy (non-hydrogen) atoms. The second-order valence-electron chi connectivity index (χ2n) is 6.75. The highest BCUT2D eigenvalue weighted by Crippen LogP contribution is 2.26. The van der Waals surface area contributed by atoms with Gasteiger partial charge >= 0.3 is 0 Å². The van der Waals surface area contributed by atoms with Crippen LogP contribution in [-0.4, -0.2) is 40.2 Å². The van der Waals surface area contributed by atoms with E-state index in [1.807, 2.05) is 26.0 Å². The number of nitrogens with one attached hydrogen (secondary N) is 1. The Morgan fingerprint density at radius 1 is 1.24 bits per heavy atom. The van der Waals surface area contributed by atoms with Crippen molar-refractivity contribution in [2.24, 2.45) is 0 Å². The number of hydrogen-bond acceptors (Lipinski definition) is 3. The van der Waals surface area contributed by atoms with Gasteiger partial charge in [0, 0.05) is 24.3 Å². The molecular formula is C19H25FN4O. The van der Waals surface area contributed by atoms with Crippen molar-refractivity contribution >= 4 is 5.91 Å². The van der Waals surface area contributed by atoms with Crippen molar-refractivity contribution in [1.29, 1.82) is 0 Å². The van der Waals surface area contributed by atoms with E-state index in [-0.39, 0.29) is 23.8 Å². The standard InChI is InChI=1S/C19H25FN4O/c1-14(2)24-17(9-10-22-24)19(25)21-13-18(23-11-5-6-12-23)15-7-3-4-8-16(15)20/h3-4,7-10,14,18H,5-6,11-13H2,1-2H3,(H,21,25)/t18-/m1/s1. The van der Waals surface area contributed by atoms with Crippen molar-refractivity contribution in [3.05, 3.63) is 53.6 Å². The van der Waals surface area contributed by atoms with Crippen LogP contribution in [-0.2, 0) is 0 Å². The van der Waals surface area contributed by atoms with Crippen LogP contribution < -0.4 is 5.32 Å². The lowest BCUT2D eigenvalue weighted by atomic mass is 10.0. The smallest absolute Gasteiger partial charge is 0.269 e. The summed E-state index contributed by atoms with van der Waals surface area (Å²) in [6.45, 7) is 6.20. The molecule has 0 unspecified atom stereocenters. The number of aromatic nitrogens is 2. The van der Waals surface area contributed by atoms with Gasteiger partial charge in [0.25, 0.3) is 5.91 Å². The first-order valence-corrected chi connectivity index (χ1v) is 8.88. The van der Waals surface area contributed by atoms with Gasteiger partial charge in [-0.25, -0.2) is 4.39 Å². The zero-order chi connectivity index (χ0) is 17.8. The first kappa shape index (κ1) is 17.6. The highest BCUT2D eigenvalue weighted by molar-refractivity contribution is 5.92. The minimum atomic E-state index is -0.221. The summed E-state index contributed by atoms with van der Waals surface area (Å²) in [4.78, 5) is 14.8. The fourth-order valence-corrected chi connectivity index (χ4v) is 3.42. The van der Waals surface area contributed by atoms with Gasteiger partial charge in [-0.15, -0.1) is 0 Å². The minimum absolute atomic E-state index is 0.108. The zero-order valence-corrected chi connectivity index (χ0v) is 14.8. The molecule has 1 atom stereocenters. The molecule has 0 spiro atoms. The summed E-state index contributed by atoms with van der Waals surface area (Å²) in [5.41, 5.74) is 1.17. The van der Waals surface area contributed by atoms with E-state index in [0.29, 0.717) is 17.8 Å². The van der Waals surface area contributed by atoms with Crippen molar-refractivity contribution < 1.29 is 9.18 Å². The number of rotatable bonds is 6. The van der Waals surface area contributed by atoms with E-state index >= 15 is 0 Å². The molecule has 1 aliphatic heterocycles. The lowest BCUT2D eigenvalue weighted by Crippen LogP contribution is -2.38. The summed E-state index contributed by atoms with van der Waals surface area (Å²) in [5, 5.41) is 7.17. The van der Waals surface area contributed by atoms with Gasteiger partial charge in [0.05, 0.1) is 6.04 Å². The molecule has 6 heteroatoms. The molecule has 0 saturated carbocycles. The average Bonchev–Trinajstić information content (AvgIpc) is 3.28. The normalized spacial score (nSPS) is 16.3. The molecule has 1 N–H and O–H groups in total. The highest BCUT2D eigenvalue weighted by Gasteiger charge is 2.26. The molecular weight excluding hydrogens is 319 g/mol. The first-order valence-electron chi connectivity index (χ1n) is 8.88. The highest BCUT2D eigenvalue weighted by atomic mass is 19.1. The van der Waals surface area contributed by atoms with Gasteiger partial charge in [0.1, 0.15) is 11.5 Å². The van der Waals surface area contributed by atoms with E-state index in [2.05, 4.69) is 15.3 Å². The number of hydrogen-bond donors (Lipinski definition) is 1. The third-order valence-electron chi connectivity index (χ3n) is 4.69. The Kier molecular flexibility index (Phi) is 5.48. The minimum Gasteiger partial charge on any atom is -0.349 e. The number of benzene rings is 1. The molecule has 1 saturated heterocycles. The van der Waals surface area contributed by atoms with Crippen molar-refractivity contribution in [2.45, 2.75) is 38.8 Å². The molecule has 5 nitrogen and oxygen atoms in total. The van der Waals surface area contributed by atoms with E-state index in [1.165, 1.54) is 6.07 Å². The molecule has 1 fully saturated rings. The van der Waals surface area contributed by atoms with Gasteiger partial charge in [-0.2, -0.15) is 5.10 Å². The van der Waals surface area contributed by atoms with Crippen molar-refractivity contribution in [3.63, 3.8) is 0 Å². The van der Waals surface area contributed by atoms with Crippen molar-refractivity contribution in [3.8, 4) is 0 Å².